The molecule has 2 heterocycles. The molecule has 80 heavy (non-hydrogen) atoms. The summed E-state index contributed by atoms with van der Waals surface area (Å²) in [5.74, 6) is -5.81. The van der Waals surface area contributed by atoms with Gasteiger partial charge in [-0.1, -0.05) is 39.8 Å². The first-order valence-corrected chi connectivity index (χ1v) is 26.7. The lowest BCUT2D eigenvalue weighted by Crippen LogP contribution is -2.57. The van der Waals surface area contributed by atoms with Crippen molar-refractivity contribution in [2.45, 2.75) is 128 Å². The van der Waals surface area contributed by atoms with Crippen LogP contribution in [0.1, 0.15) is 123 Å². The summed E-state index contributed by atoms with van der Waals surface area (Å²) in [6, 6.07) is 3.04. The van der Waals surface area contributed by atoms with Gasteiger partial charge in [-0.3, -0.25) is 43.4 Å². The highest BCUT2D eigenvalue weighted by Gasteiger charge is 2.49. The Morgan fingerprint density at radius 2 is 1.60 bits per heavy atom. The first-order valence-electron chi connectivity index (χ1n) is 26.7. The van der Waals surface area contributed by atoms with E-state index < -0.39 is 106 Å². The molecule has 2 saturated heterocycles. The third-order valence-corrected chi connectivity index (χ3v) is 14.2. The van der Waals surface area contributed by atoms with E-state index in [1.165, 1.54) is 32.2 Å². The minimum absolute atomic E-state index is 0.0158. The molecule has 11 N–H and O–H groups in total. The number of phenols is 2. The van der Waals surface area contributed by atoms with E-state index in [9.17, 15) is 68.7 Å². The van der Waals surface area contributed by atoms with Gasteiger partial charge in [-0.15, -0.1) is 0 Å². The van der Waals surface area contributed by atoms with Gasteiger partial charge in [0.1, 0.15) is 35.2 Å². The number of imide groups is 1. The minimum Gasteiger partial charge on any atom is -0.507 e. The molecule has 2 aliphatic heterocycles. The van der Waals surface area contributed by atoms with Crippen LogP contribution in [0.3, 0.4) is 0 Å². The number of nitrogens with one attached hydrogen (secondary N) is 6. The Balaban J connectivity index is 0.000000273. The van der Waals surface area contributed by atoms with Gasteiger partial charge in [0.05, 0.1) is 61.8 Å². The SMILES string of the molecule is CCC(CC)NC(=O)N(CCC(=O)NC(C(=O)NCC(=O)NCC=O)C(C)C)C(C)=O.CNCCNC(=O)C1(O)Cc2c(O)c3c(c(O)c2C(O)C1)C(=O)c1c(OC)cccc1C3=O.COC1CN(C2CCOC(C)C2O)CCO1. The van der Waals surface area contributed by atoms with Gasteiger partial charge in [0.25, 0.3) is 5.91 Å². The predicted octanol–water partition coefficient (Wildman–Crippen LogP) is -0.547. The standard InChI is InChI=1S/C23H24N2O8.C20H35N5O6.C11H21NO4/c1-24-6-7-25-22(31)23(32)8-11-14(12(26)9-23)20(29)17-16(19(11)28)18(27)10-4-3-5-13(33-2)15(10)21(17)30;1-6-15(7-2)23-20(31)25(14(5)27)10-8-16(28)24-18(13(3)4)19(30)22-12-17(29)21-9-11-26;1-8-11(13)9(3-5-15-8)12-4-6-16-10(7-12)14-2/h3-5,12,24,26,28-29,32H,6-9H2,1-2H3,(H,25,31);11,13,15,18H,6-10,12H2,1-5H3,(H,21,29)(H,22,30)(H,23,31)(H,24,28);8-11,13H,3-7H2,1-2H3. The van der Waals surface area contributed by atoms with E-state index in [0.29, 0.717) is 32.3 Å². The number of carbonyl (C=O) groups excluding carboxylic acids is 9. The first kappa shape index (κ1) is 65.9. The van der Waals surface area contributed by atoms with Crippen molar-refractivity contribution in [1.82, 2.24) is 41.7 Å². The maximum atomic E-state index is 13.3. The van der Waals surface area contributed by atoms with Gasteiger partial charge in [0.2, 0.25) is 29.4 Å². The molecular formula is C54H80N8O18. The molecule has 0 aromatic heterocycles. The van der Waals surface area contributed by atoms with Crippen molar-refractivity contribution in [2.24, 2.45) is 5.92 Å². The summed E-state index contributed by atoms with van der Waals surface area (Å²) in [5, 5.41) is 69.2. The van der Waals surface area contributed by atoms with Crippen LogP contribution in [0.4, 0.5) is 4.79 Å². The quantitative estimate of drug-likeness (QED) is 0.0384. The van der Waals surface area contributed by atoms with Crippen LogP contribution in [0.5, 0.6) is 17.2 Å². The summed E-state index contributed by atoms with van der Waals surface area (Å²) in [5.41, 5.74) is -3.42. The van der Waals surface area contributed by atoms with Crippen LogP contribution < -0.4 is 36.6 Å². The third-order valence-electron chi connectivity index (χ3n) is 14.2. The number of phenolic OH excluding ortho intramolecular Hbond substituents is 2. The summed E-state index contributed by atoms with van der Waals surface area (Å²) >= 11 is 0. The van der Waals surface area contributed by atoms with Crippen molar-refractivity contribution in [3.8, 4) is 17.2 Å². The monoisotopic (exact) mass is 1130 g/mol. The number of likely N-dealkylation sites (N-methyl/N-ethyl adjacent to an activating group) is 1. The smallest absolute Gasteiger partial charge is 0.324 e. The highest BCUT2D eigenvalue weighted by atomic mass is 16.7. The van der Waals surface area contributed by atoms with Crippen molar-refractivity contribution >= 4 is 53.4 Å². The summed E-state index contributed by atoms with van der Waals surface area (Å²) in [4.78, 5) is 113. The molecule has 7 atom stereocenters. The van der Waals surface area contributed by atoms with E-state index in [-0.39, 0.29) is 91.0 Å². The number of carbonyl (C=O) groups is 9. The van der Waals surface area contributed by atoms with Crippen LogP contribution in [0.2, 0.25) is 0 Å². The third kappa shape index (κ3) is 16.5. The maximum Gasteiger partial charge on any atom is 0.324 e. The fourth-order valence-corrected chi connectivity index (χ4v) is 9.65. The van der Waals surface area contributed by atoms with E-state index in [2.05, 4.69) is 36.8 Å². The molecule has 0 bridgehead atoms. The summed E-state index contributed by atoms with van der Waals surface area (Å²) in [6.45, 7) is 13.5. The van der Waals surface area contributed by atoms with E-state index in [1.807, 2.05) is 20.8 Å². The fraction of sp³-hybridized carbons (Fsp3) is 0.611. The lowest BCUT2D eigenvalue weighted by Gasteiger charge is -2.43. The number of aliphatic hydroxyl groups excluding tert-OH is 2. The van der Waals surface area contributed by atoms with Gasteiger partial charge >= 0.3 is 6.03 Å². The maximum absolute atomic E-state index is 13.3. The molecule has 0 saturated carbocycles. The van der Waals surface area contributed by atoms with Crippen LogP contribution in [-0.2, 0) is 49.4 Å². The highest BCUT2D eigenvalue weighted by Crippen LogP contribution is 2.51. The van der Waals surface area contributed by atoms with Crippen molar-refractivity contribution in [2.75, 3.05) is 80.3 Å². The number of benzene rings is 2. The number of hydrogen-bond acceptors (Lipinski definition) is 20. The molecule has 2 aliphatic carbocycles. The predicted molar refractivity (Wildman–Crippen MR) is 287 cm³/mol. The number of aliphatic hydroxyl groups is 3. The van der Waals surface area contributed by atoms with Crippen LogP contribution in [0.15, 0.2) is 18.2 Å². The molecular weight excluding hydrogens is 1050 g/mol. The average molecular weight is 1130 g/mol. The Bertz CT molecular complexity index is 2540. The second-order valence-electron chi connectivity index (χ2n) is 20.0. The summed E-state index contributed by atoms with van der Waals surface area (Å²) in [7, 11) is 4.67. The molecule has 7 amide bonds. The molecule has 2 fully saturated rings. The molecule has 0 spiro atoms. The second kappa shape index (κ2) is 30.8. The first-order chi connectivity index (χ1) is 37.9. The van der Waals surface area contributed by atoms with Crippen LogP contribution in [0.25, 0.3) is 0 Å². The fourth-order valence-electron chi connectivity index (χ4n) is 9.65. The lowest BCUT2D eigenvalue weighted by atomic mass is 9.72. The highest BCUT2D eigenvalue weighted by molar-refractivity contribution is 6.31. The molecule has 26 nitrogen and oxygen atoms in total. The van der Waals surface area contributed by atoms with Gasteiger partial charge in [-0.25, -0.2) is 4.79 Å². The zero-order valence-electron chi connectivity index (χ0n) is 47.0. The van der Waals surface area contributed by atoms with Crippen LogP contribution in [0, 0.1) is 5.92 Å². The van der Waals surface area contributed by atoms with Gasteiger partial charge in [0.15, 0.2) is 12.1 Å². The van der Waals surface area contributed by atoms with Gasteiger partial charge in [-0.2, -0.15) is 0 Å². The van der Waals surface area contributed by atoms with Crippen LogP contribution in [-0.4, -0.2) is 211 Å². The molecule has 6 rings (SSSR count). The Morgan fingerprint density at radius 1 is 0.912 bits per heavy atom. The summed E-state index contributed by atoms with van der Waals surface area (Å²) < 4.78 is 21.3. The zero-order valence-corrected chi connectivity index (χ0v) is 47.0. The molecule has 2 aromatic carbocycles. The Morgan fingerprint density at radius 3 is 2.21 bits per heavy atom. The summed E-state index contributed by atoms with van der Waals surface area (Å²) in [6.07, 6.45) is -0.527. The van der Waals surface area contributed by atoms with E-state index in [1.54, 1.807) is 28.0 Å². The number of urea groups is 1. The number of amides is 7. The largest absolute Gasteiger partial charge is 0.507 e. The van der Waals surface area contributed by atoms with Gasteiger partial charge < -0.3 is 81.2 Å². The number of rotatable bonds is 20. The minimum atomic E-state index is -2.10. The molecule has 444 valence electrons. The number of ether oxygens (including phenoxy) is 4. The Labute approximate surface area is 465 Å². The second-order valence-corrected chi connectivity index (χ2v) is 20.0. The van der Waals surface area contributed by atoms with E-state index >= 15 is 0 Å². The van der Waals surface area contributed by atoms with Gasteiger partial charge in [-0.05, 0) is 45.2 Å². The lowest BCUT2D eigenvalue weighted by molar-refractivity contribution is -0.190. The molecule has 7 unspecified atom stereocenters. The number of aldehydes is 1. The Kier molecular flexibility index (Phi) is 25.4. The van der Waals surface area contributed by atoms with E-state index in [0.717, 1.165) is 31.0 Å². The molecule has 26 heteroatoms. The number of morpholine rings is 1. The number of hydrogen-bond donors (Lipinski definition) is 11. The Hall–Kier alpha value is -6.65. The van der Waals surface area contributed by atoms with Crippen molar-refractivity contribution in [1.29, 1.82) is 0 Å². The number of fused-ring (bicyclic) bond motifs is 3. The number of ketones is 2. The number of nitrogens with zero attached hydrogens (tertiary/aromatic N) is 2. The van der Waals surface area contributed by atoms with Crippen LogP contribution >= 0.6 is 0 Å². The van der Waals surface area contributed by atoms with Crippen molar-refractivity contribution in [3.05, 3.63) is 51.6 Å². The topological polar surface area (TPSA) is 370 Å². The zero-order chi connectivity index (χ0) is 59.6. The molecule has 4 aliphatic rings. The molecule has 2 aromatic rings. The van der Waals surface area contributed by atoms with E-state index in [4.69, 9.17) is 18.9 Å². The molecule has 0 radical (unpaired) electrons. The average Bonchev–Trinajstić information content (AvgIpc) is 3.54. The number of methoxy groups -OCH3 is 2. The van der Waals surface area contributed by atoms with Gasteiger partial charge in [0, 0.05) is 101 Å². The number of aromatic hydroxyl groups is 2. The van der Waals surface area contributed by atoms with Crippen molar-refractivity contribution in [3.63, 3.8) is 0 Å². The normalized spacial score (nSPS) is 21.6. The van der Waals surface area contributed by atoms with Crippen molar-refractivity contribution < 1.29 is 87.6 Å².